The van der Waals surface area contributed by atoms with Gasteiger partial charge in [0.05, 0.1) is 6.07 Å². The van der Waals surface area contributed by atoms with Crippen molar-refractivity contribution in [2.45, 2.75) is 19.3 Å². The Labute approximate surface area is 77.6 Å². The van der Waals surface area contributed by atoms with Crippen molar-refractivity contribution in [2.75, 3.05) is 13.2 Å². The second kappa shape index (κ2) is 4.83. The van der Waals surface area contributed by atoms with Crippen molar-refractivity contribution in [2.24, 2.45) is 11.8 Å². The lowest BCUT2D eigenvalue weighted by Crippen LogP contribution is -2.33. The third-order valence-corrected chi connectivity index (χ3v) is 2.57. The smallest absolute Gasteiger partial charge is 0.224 e. The summed E-state index contributed by atoms with van der Waals surface area (Å²) in [5.41, 5.74) is 0. The van der Waals surface area contributed by atoms with Gasteiger partial charge in [0.15, 0.2) is 0 Å². The SMILES string of the molecule is N#CCNC(=O)[C@@H]1CCC[C@H]1CO. The maximum Gasteiger partial charge on any atom is 0.224 e. The molecule has 0 bridgehead atoms. The molecule has 1 amide bonds. The minimum Gasteiger partial charge on any atom is -0.396 e. The number of nitrogens with zero attached hydrogens (tertiary/aromatic N) is 1. The molecule has 0 spiro atoms. The second-order valence-electron chi connectivity index (χ2n) is 3.36. The molecule has 1 aliphatic rings. The summed E-state index contributed by atoms with van der Waals surface area (Å²) in [5, 5.41) is 19.8. The first-order chi connectivity index (χ1) is 6.29. The van der Waals surface area contributed by atoms with Crippen molar-refractivity contribution in [3.63, 3.8) is 0 Å². The summed E-state index contributed by atoms with van der Waals surface area (Å²) in [5.74, 6) is -0.0739. The van der Waals surface area contributed by atoms with Gasteiger partial charge >= 0.3 is 0 Å². The average Bonchev–Trinajstić information content (AvgIpc) is 2.61. The summed E-state index contributed by atoms with van der Waals surface area (Å²) in [6.07, 6.45) is 2.75. The molecule has 1 aliphatic carbocycles. The summed E-state index contributed by atoms with van der Waals surface area (Å²) in [6.45, 7) is 0.137. The van der Waals surface area contributed by atoms with E-state index in [0.717, 1.165) is 19.3 Å². The van der Waals surface area contributed by atoms with E-state index in [4.69, 9.17) is 10.4 Å². The lowest BCUT2D eigenvalue weighted by atomic mass is 9.96. The van der Waals surface area contributed by atoms with E-state index in [1.54, 1.807) is 0 Å². The van der Waals surface area contributed by atoms with E-state index in [1.165, 1.54) is 0 Å². The normalized spacial score (nSPS) is 26.8. The molecule has 0 aromatic rings. The zero-order valence-electron chi connectivity index (χ0n) is 7.49. The molecular weight excluding hydrogens is 168 g/mol. The summed E-state index contributed by atoms with van der Waals surface area (Å²) in [7, 11) is 0. The van der Waals surface area contributed by atoms with Crippen molar-refractivity contribution in [1.29, 1.82) is 5.26 Å². The average molecular weight is 182 g/mol. The highest BCUT2D eigenvalue weighted by molar-refractivity contribution is 5.79. The van der Waals surface area contributed by atoms with Crippen molar-refractivity contribution in [3.05, 3.63) is 0 Å². The molecule has 2 N–H and O–H groups in total. The van der Waals surface area contributed by atoms with E-state index in [0.29, 0.717) is 0 Å². The largest absolute Gasteiger partial charge is 0.396 e. The van der Waals surface area contributed by atoms with Gasteiger partial charge in [0.25, 0.3) is 0 Å². The van der Waals surface area contributed by atoms with E-state index in [2.05, 4.69) is 5.32 Å². The summed E-state index contributed by atoms with van der Waals surface area (Å²) in [6, 6.07) is 1.86. The molecule has 0 aromatic heterocycles. The quantitative estimate of drug-likeness (QED) is 0.605. The summed E-state index contributed by atoms with van der Waals surface area (Å²) >= 11 is 0. The Morgan fingerprint density at radius 1 is 1.62 bits per heavy atom. The Hall–Kier alpha value is -1.08. The fourth-order valence-electron chi connectivity index (χ4n) is 1.86. The van der Waals surface area contributed by atoms with Crippen molar-refractivity contribution >= 4 is 5.91 Å². The van der Waals surface area contributed by atoms with Crippen LogP contribution in [0.1, 0.15) is 19.3 Å². The Balaban J connectivity index is 2.41. The van der Waals surface area contributed by atoms with Crippen LogP contribution in [-0.2, 0) is 4.79 Å². The van der Waals surface area contributed by atoms with Crippen LogP contribution in [0.5, 0.6) is 0 Å². The number of carbonyl (C=O) groups excluding carboxylic acids is 1. The Morgan fingerprint density at radius 2 is 2.38 bits per heavy atom. The molecule has 4 nitrogen and oxygen atoms in total. The van der Waals surface area contributed by atoms with E-state index in [1.807, 2.05) is 6.07 Å². The van der Waals surface area contributed by atoms with E-state index in [9.17, 15) is 4.79 Å². The van der Waals surface area contributed by atoms with Gasteiger partial charge in [-0.1, -0.05) is 6.42 Å². The van der Waals surface area contributed by atoms with Crippen molar-refractivity contribution < 1.29 is 9.90 Å². The molecule has 13 heavy (non-hydrogen) atoms. The minimum absolute atomic E-state index is 0.0630. The molecule has 0 heterocycles. The first kappa shape index (κ1) is 10.0. The standard InChI is InChI=1S/C9H14N2O2/c10-4-5-11-9(13)8-3-1-2-7(8)6-12/h7-8,12H,1-3,5-6H2,(H,11,13)/t7-,8+/m0/s1. The number of carbonyl (C=O) groups is 1. The molecule has 2 atom stereocenters. The number of hydrogen-bond acceptors (Lipinski definition) is 3. The van der Waals surface area contributed by atoms with Crippen LogP contribution in [0.2, 0.25) is 0 Å². The van der Waals surface area contributed by atoms with Crippen LogP contribution >= 0.6 is 0 Å². The Bertz CT molecular complexity index is 222. The molecule has 72 valence electrons. The van der Waals surface area contributed by atoms with Crippen LogP contribution in [0.3, 0.4) is 0 Å². The monoisotopic (exact) mass is 182 g/mol. The maximum absolute atomic E-state index is 11.4. The van der Waals surface area contributed by atoms with Crippen LogP contribution in [-0.4, -0.2) is 24.2 Å². The highest BCUT2D eigenvalue weighted by Crippen LogP contribution is 2.31. The number of nitrogens with one attached hydrogen (secondary N) is 1. The lowest BCUT2D eigenvalue weighted by molar-refractivity contribution is -0.126. The highest BCUT2D eigenvalue weighted by Gasteiger charge is 2.31. The van der Waals surface area contributed by atoms with E-state index < -0.39 is 0 Å². The minimum atomic E-state index is -0.0851. The maximum atomic E-state index is 11.4. The Kier molecular flexibility index (Phi) is 3.71. The van der Waals surface area contributed by atoms with Crippen LogP contribution in [0.4, 0.5) is 0 Å². The first-order valence-electron chi connectivity index (χ1n) is 4.55. The van der Waals surface area contributed by atoms with Crippen molar-refractivity contribution in [1.82, 2.24) is 5.32 Å². The van der Waals surface area contributed by atoms with Gasteiger partial charge in [-0.05, 0) is 18.8 Å². The topological polar surface area (TPSA) is 73.1 Å². The zero-order chi connectivity index (χ0) is 9.68. The highest BCUT2D eigenvalue weighted by atomic mass is 16.3. The van der Waals surface area contributed by atoms with Gasteiger partial charge in [-0.3, -0.25) is 4.79 Å². The van der Waals surface area contributed by atoms with Gasteiger partial charge in [0, 0.05) is 12.5 Å². The fourth-order valence-corrected chi connectivity index (χ4v) is 1.86. The number of rotatable bonds is 3. The molecule has 1 saturated carbocycles. The van der Waals surface area contributed by atoms with Gasteiger partial charge < -0.3 is 10.4 Å². The van der Waals surface area contributed by atoms with Crippen LogP contribution in [0.15, 0.2) is 0 Å². The molecule has 0 saturated heterocycles. The number of nitriles is 1. The number of aliphatic hydroxyl groups is 1. The summed E-state index contributed by atoms with van der Waals surface area (Å²) in [4.78, 5) is 11.4. The Morgan fingerprint density at radius 3 is 3.00 bits per heavy atom. The fraction of sp³-hybridized carbons (Fsp3) is 0.778. The molecule has 0 radical (unpaired) electrons. The van der Waals surface area contributed by atoms with Gasteiger partial charge in [-0.2, -0.15) is 5.26 Å². The van der Waals surface area contributed by atoms with Crippen LogP contribution in [0.25, 0.3) is 0 Å². The van der Waals surface area contributed by atoms with Gasteiger partial charge in [0.1, 0.15) is 6.54 Å². The number of amides is 1. The molecule has 0 aliphatic heterocycles. The van der Waals surface area contributed by atoms with E-state index >= 15 is 0 Å². The number of aliphatic hydroxyl groups excluding tert-OH is 1. The van der Waals surface area contributed by atoms with Crippen LogP contribution in [0, 0.1) is 23.2 Å². The van der Waals surface area contributed by atoms with E-state index in [-0.39, 0.29) is 30.9 Å². The first-order valence-corrected chi connectivity index (χ1v) is 4.55. The van der Waals surface area contributed by atoms with Gasteiger partial charge in [-0.25, -0.2) is 0 Å². The van der Waals surface area contributed by atoms with Crippen molar-refractivity contribution in [3.8, 4) is 6.07 Å². The summed E-state index contributed by atoms with van der Waals surface area (Å²) < 4.78 is 0. The van der Waals surface area contributed by atoms with Gasteiger partial charge in [-0.15, -0.1) is 0 Å². The lowest BCUT2D eigenvalue weighted by Gasteiger charge is -2.15. The van der Waals surface area contributed by atoms with Crippen LogP contribution < -0.4 is 5.32 Å². The number of hydrogen-bond donors (Lipinski definition) is 2. The molecule has 0 aromatic carbocycles. The predicted molar refractivity (Wildman–Crippen MR) is 46.5 cm³/mol. The molecule has 4 heteroatoms. The predicted octanol–water partition coefficient (Wildman–Crippen LogP) is 0.0348. The zero-order valence-corrected chi connectivity index (χ0v) is 7.49. The third-order valence-electron chi connectivity index (χ3n) is 2.57. The third kappa shape index (κ3) is 2.43. The van der Waals surface area contributed by atoms with Gasteiger partial charge in [0.2, 0.25) is 5.91 Å². The second-order valence-corrected chi connectivity index (χ2v) is 3.36. The molecule has 1 rings (SSSR count). The molecule has 1 fully saturated rings. The molecular formula is C9H14N2O2. The molecule has 0 unspecified atom stereocenters.